The van der Waals surface area contributed by atoms with Crippen LogP contribution in [0, 0.1) is 0 Å². The Morgan fingerprint density at radius 1 is 0.800 bits per heavy atom. The van der Waals surface area contributed by atoms with Crippen LogP contribution in [0.2, 0.25) is 0 Å². The van der Waals surface area contributed by atoms with Gasteiger partial charge in [0.2, 0.25) is 0 Å². The fourth-order valence-electron chi connectivity index (χ4n) is 0. The van der Waals surface area contributed by atoms with E-state index in [2.05, 4.69) is 0 Å². The molecule has 0 spiro atoms. The second-order valence-electron chi connectivity index (χ2n) is 1.48. The summed E-state index contributed by atoms with van der Waals surface area (Å²) < 4.78 is 19.1. The summed E-state index contributed by atoms with van der Waals surface area (Å²) in [5, 5.41) is 7.00. The van der Waals surface area contributed by atoms with Crippen molar-refractivity contribution in [2.45, 2.75) is 0 Å². The third-order valence-electron chi connectivity index (χ3n) is 0. The zero-order valence-electron chi connectivity index (χ0n) is 7.08. The molecule has 5 heteroatoms. The maximum Gasteiger partial charge on any atom is 0.0319 e. The van der Waals surface area contributed by atoms with Crippen LogP contribution in [0.1, 0.15) is 0 Å². The molecule has 3 nitrogen and oxygen atoms in total. The van der Waals surface area contributed by atoms with Gasteiger partial charge in [0.1, 0.15) is 0 Å². The average molecular weight is 188 g/mol. The summed E-state index contributed by atoms with van der Waals surface area (Å²) >= 11 is 0. The van der Waals surface area contributed by atoms with Crippen molar-refractivity contribution in [1.29, 1.82) is 0 Å². The largest absolute Gasteiger partial charge is 0.400 e. The lowest BCUT2D eigenvalue weighted by atomic mass is 11.8. The van der Waals surface area contributed by atoms with E-state index in [0.29, 0.717) is 0 Å². The molecule has 0 aliphatic heterocycles. The highest BCUT2D eigenvalue weighted by Gasteiger charge is 1.58. The highest BCUT2D eigenvalue weighted by atomic mass is 32.2. The Bertz CT molecular complexity index is 72.9. The Balaban J connectivity index is -0.0000000787. The minimum Gasteiger partial charge on any atom is -0.400 e. The SMILES string of the molecule is CO.CS(C)=O.CS(C)=O. The highest BCUT2D eigenvalue weighted by Crippen LogP contribution is 1.47. The van der Waals surface area contributed by atoms with Gasteiger partial charge in [-0.2, -0.15) is 0 Å². The normalized spacial score (nSPS) is 7.60. The third-order valence-corrected chi connectivity index (χ3v) is 0. The summed E-state index contributed by atoms with van der Waals surface area (Å²) in [5.74, 6) is 0. The fourth-order valence-corrected chi connectivity index (χ4v) is 0. The minimum absolute atomic E-state index is 0.611. The molecule has 10 heavy (non-hydrogen) atoms. The summed E-state index contributed by atoms with van der Waals surface area (Å²) in [6, 6.07) is 0. The summed E-state index contributed by atoms with van der Waals surface area (Å²) in [6.45, 7) is 0. The Labute approximate surface area is 67.8 Å². The number of aliphatic hydroxyl groups excluding tert-OH is 1. The van der Waals surface area contributed by atoms with Crippen LogP contribution in [-0.4, -0.2) is 45.7 Å². The first-order chi connectivity index (χ1) is 4.46. The van der Waals surface area contributed by atoms with E-state index in [4.69, 9.17) is 5.11 Å². The van der Waals surface area contributed by atoms with Crippen LogP contribution in [0.25, 0.3) is 0 Å². The van der Waals surface area contributed by atoms with E-state index in [-0.39, 0.29) is 0 Å². The summed E-state index contributed by atoms with van der Waals surface area (Å²) in [5.41, 5.74) is 0. The van der Waals surface area contributed by atoms with E-state index in [1.807, 2.05) is 0 Å². The van der Waals surface area contributed by atoms with Crippen LogP contribution >= 0.6 is 0 Å². The smallest absolute Gasteiger partial charge is 0.0319 e. The molecule has 0 aromatic carbocycles. The first-order valence-electron chi connectivity index (χ1n) is 2.41. The van der Waals surface area contributed by atoms with Crippen molar-refractivity contribution in [3.63, 3.8) is 0 Å². The van der Waals surface area contributed by atoms with Gasteiger partial charge < -0.3 is 5.11 Å². The van der Waals surface area contributed by atoms with Crippen molar-refractivity contribution in [1.82, 2.24) is 0 Å². The third kappa shape index (κ3) is 6440. The van der Waals surface area contributed by atoms with Gasteiger partial charge in [0.05, 0.1) is 0 Å². The van der Waals surface area contributed by atoms with Crippen LogP contribution in [0.3, 0.4) is 0 Å². The van der Waals surface area contributed by atoms with Crippen molar-refractivity contribution >= 4 is 21.6 Å². The lowest BCUT2D eigenvalue weighted by Gasteiger charge is -1.60. The van der Waals surface area contributed by atoms with Crippen LogP contribution < -0.4 is 0 Å². The molecule has 0 unspecified atom stereocenters. The predicted molar refractivity (Wildman–Crippen MR) is 48.1 cm³/mol. The van der Waals surface area contributed by atoms with Gasteiger partial charge in [-0.1, -0.05) is 0 Å². The fraction of sp³-hybridized carbons (Fsp3) is 1.00. The van der Waals surface area contributed by atoms with Crippen LogP contribution in [-0.2, 0) is 21.6 Å². The first-order valence-corrected chi connectivity index (χ1v) is 6.35. The molecule has 0 aliphatic carbocycles. The Morgan fingerprint density at radius 2 is 0.800 bits per heavy atom. The van der Waals surface area contributed by atoms with Gasteiger partial charge in [-0.15, -0.1) is 0 Å². The molecular weight excluding hydrogens is 172 g/mol. The maximum absolute atomic E-state index is 9.56. The number of hydrogen-bond acceptors (Lipinski definition) is 3. The average Bonchev–Trinajstić information content (AvgIpc) is 1.66. The van der Waals surface area contributed by atoms with Crippen molar-refractivity contribution in [3.8, 4) is 0 Å². The molecule has 0 saturated heterocycles. The van der Waals surface area contributed by atoms with Gasteiger partial charge in [-0.25, -0.2) is 0 Å². The lowest BCUT2D eigenvalue weighted by molar-refractivity contribution is 0.399. The van der Waals surface area contributed by atoms with Gasteiger partial charge >= 0.3 is 0 Å². The van der Waals surface area contributed by atoms with Crippen LogP contribution in [0.15, 0.2) is 0 Å². The van der Waals surface area contributed by atoms with E-state index in [9.17, 15) is 8.42 Å². The molecule has 0 rings (SSSR count). The predicted octanol–water partition coefficient (Wildman–Crippen LogP) is -0.402. The van der Waals surface area contributed by atoms with Gasteiger partial charge in [-0.3, -0.25) is 8.42 Å². The van der Waals surface area contributed by atoms with Gasteiger partial charge in [0, 0.05) is 53.7 Å². The topological polar surface area (TPSA) is 54.4 Å². The van der Waals surface area contributed by atoms with Crippen molar-refractivity contribution in [2.75, 3.05) is 32.1 Å². The minimum atomic E-state index is -0.611. The van der Waals surface area contributed by atoms with Crippen LogP contribution in [0.5, 0.6) is 0 Å². The molecule has 66 valence electrons. The quantitative estimate of drug-likeness (QED) is 0.563. The van der Waals surface area contributed by atoms with Gasteiger partial charge in [0.15, 0.2) is 0 Å². The Hall–Kier alpha value is 0.260. The molecule has 0 bridgehead atoms. The lowest BCUT2D eigenvalue weighted by Crippen LogP contribution is -1.70. The summed E-state index contributed by atoms with van der Waals surface area (Å²) in [6.07, 6.45) is 6.56. The molecule has 0 radical (unpaired) electrons. The van der Waals surface area contributed by atoms with E-state index in [1.165, 1.54) is 0 Å². The maximum atomic E-state index is 9.56. The molecule has 0 atom stereocenters. The summed E-state index contributed by atoms with van der Waals surface area (Å²) in [4.78, 5) is 0. The Morgan fingerprint density at radius 3 is 0.800 bits per heavy atom. The van der Waals surface area contributed by atoms with E-state index in [1.54, 1.807) is 25.0 Å². The summed E-state index contributed by atoms with van der Waals surface area (Å²) in [7, 11) is -0.222. The second-order valence-corrected chi connectivity index (χ2v) is 4.45. The molecule has 0 saturated carbocycles. The number of aliphatic hydroxyl groups is 1. The number of rotatable bonds is 0. The molecular formula is C5H16O3S2. The number of hydrogen-bond donors (Lipinski definition) is 1. The van der Waals surface area contributed by atoms with E-state index in [0.717, 1.165) is 7.11 Å². The van der Waals surface area contributed by atoms with E-state index >= 15 is 0 Å². The molecule has 1 N–H and O–H groups in total. The zero-order chi connectivity index (χ0) is 9.15. The van der Waals surface area contributed by atoms with Crippen molar-refractivity contribution in [3.05, 3.63) is 0 Å². The van der Waals surface area contributed by atoms with Gasteiger partial charge in [-0.05, 0) is 0 Å². The van der Waals surface area contributed by atoms with E-state index < -0.39 is 21.6 Å². The Kier molecular flexibility index (Phi) is 26.9. The first kappa shape index (κ1) is 16.7. The molecule has 0 amide bonds. The zero-order valence-corrected chi connectivity index (χ0v) is 8.71. The molecule has 0 fully saturated rings. The molecule has 0 aliphatic rings. The molecule has 0 aromatic heterocycles. The standard InChI is InChI=1S/2C2H6OS.CH4O/c2*1-4(2)3;1-2/h2*1-2H3;2H,1H3. The monoisotopic (exact) mass is 188 g/mol. The highest BCUT2D eigenvalue weighted by molar-refractivity contribution is 7.83. The second kappa shape index (κ2) is 16.1. The van der Waals surface area contributed by atoms with Gasteiger partial charge in [0.25, 0.3) is 0 Å². The van der Waals surface area contributed by atoms with Crippen molar-refractivity contribution < 1.29 is 13.5 Å². The molecule has 0 heterocycles. The molecule has 0 aromatic rings. The van der Waals surface area contributed by atoms with Crippen molar-refractivity contribution in [2.24, 2.45) is 0 Å². The van der Waals surface area contributed by atoms with Crippen LogP contribution in [0.4, 0.5) is 0 Å².